The number of aromatic nitrogens is 3. The van der Waals surface area contributed by atoms with Crippen molar-refractivity contribution in [2.45, 2.75) is 13.0 Å². The molecule has 2 aromatic heterocycles. The molecule has 0 spiro atoms. The highest BCUT2D eigenvalue weighted by molar-refractivity contribution is 5.95. The number of amides is 1. The second kappa shape index (κ2) is 7.18. The number of methoxy groups -OCH3 is 1. The fraction of sp³-hybridized carbons (Fsp3) is 0.176. The van der Waals surface area contributed by atoms with Crippen molar-refractivity contribution in [1.82, 2.24) is 20.4 Å². The first-order valence-corrected chi connectivity index (χ1v) is 7.62. The third-order valence-electron chi connectivity index (χ3n) is 3.58. The van der Waals surface area contributed by atoms with Crippen molar-refractivity contribution in [3.05, 3.63) is 53.9 Å². The average molecular weight is 358 g/mol. The molecule has 0 aliphatic heterocycles. The standard InChI is InChI=1S/C17H15FN4O4/c1-9(20-16(24)13-14(23)12(25-2)7-8-19-13)17-21-15(22-26-17)10-3-5-11(18)6-4-10/h3-9,23H,1-2H3,(H,20,24)/t9-/m0/s1. The minimum Gasteiger partial charge on any atom is -0.503 e. The van der Waals surface area contributed by atoms with Gasteiger partial charge < -0.3 is 19.7 Å². The summed E-state index contributed by atoms with van der Waals surface area (Å²) in [6.45, 7) is 1.64. The van der Waals surface area contributed by atoms with Gasteiger partial charge in [0.15, 0.2) is 17.2 Å². The predicted molar refractivity (Wildman–Crippen MR) is 88.0 cm³/mol. The van der Waals surface area contributed by atoms with Gasteiger partial charge in [-0.1, -0.05) is 5.16 Å². The summed E-state index contributed by atoms with van der Waals surface area (Å²) in [4.78, 5) is 20.4. The van der Waals surface area contributed by atoms with Crippen molar-refractivity contribution >= 4 is 5.91 Å². The molecule has 0 saturated carbocycles. The Morgan fingerprint density at radius 2 is 2.04 bits per heavy atom. The molecular formula is C17H15FN4O4. The van der Waals surface area contributed by atoms with E-state index >= 15 is 0 Å². The molecule has 9 heteroatoms. The first-order chi connectivity index (χ1) is 12.5. The Balaban J connectivity index is 1.75. The van der Waals surface area contributed by atoms with E-state index in [1.54, 1.807) is 6.92 Å². The average Bonchev–Trinajstić information content (AvgIpc) is 3.12. The first kappa shape index (κ1) is 17.3. The number of halogens is 1. The molecule has 0 radical (unpaired) electrons. The lowest BCUT2D eigenvalue weighted by molar-refractivity contribution is 0.0923. The van der Waals surface area contributed by atoms with Gasteiger partial charge in [0, 0.05) is 17.8 Å². The zero-order valence-corrected chi connectivity index (χ0v) is 13.9. The molecule has 1 atom stereocenters. The lowest BCUT2D eigenvalue weighted by Gasteiger charge is -2.11. The van der Waals surface area contributed by atoms with Crippen molar-refractivity contribution < 1.29 is 23.6 Å². The molecule has 0 saturated heterocycles. The number of carbonyl (C=O) groups excluding carboxylic acids is 1. The monoisotopic (exact) mass is 358 g/mol. The Labute approximate surface area is 147 Å². The predicted octanol–water partition coefficient (Wildman–Crippen LogP) is 2.48. The Morgan fingerprint density at radius 3 is 2.73 bits per heavy atom. The lowest BCUT2D eigenvalue weighted by atomic mass is 10.2. The number of hydrogen-bond donors (Lipinski definition) is 2. The van der Waals surface area contributed by atoms with Crippen molar-refractivity contribution in [3.8, 4) is 22.9 Å². The molecule has 0 fully saturated rings. The van der Waals surface area contributed by atoms with Crippen LogP contribution in [-0.2, 0) is 0 Å². The highest BCUT2D eigenvalue weighted by Gasteiger charge is 2.22. The first-order valence-electron chi connectivity index (χ1n) is 7.62. The summed E-state index contributed by atoms with van der Waals surface area (Å²) in [5, 5.41) is 16.4. The van der Waals surface area contributed by atoms with E-state index in [0.717, 1.165) is 0 Å². The zero-order chi connectivity index (χ0) is 18.7. The van der Waals surface area contributed by atoms with Gasteiger partial charge in [0.05, 0.1) is 7.11 Å². The highest BCUT2D eigenvalue weighted by Crippen LogP contribution is 2.28. The zero-order valence-electron chi connectivity index (χ0n) is 13.9. The van der Waals surface area contributed by atoms with Gasteiger partial charge >= 0.3 is 0 Å². The fourth-order valence-electron chi connectivity index (χ4n) is 2.22. The fourth-order valence-corrected chi connectivity index (χ4v) is 2.22. The normalized spacial score (nSPS) is 11.8. The molecule has 3 rings (SSSR count). The maximum Gasteiger partial charge on any atom is 0.274 e. The summed E-state index contributed by atoms with van der Waals surface area (Å²) in [7, 11) is 1.37. The molecular weight excluding hydrogens is 343 g/mol. The van der Waals surface area contributed by atoms with E-state index in [4.69, 9.17) is 9.26 Å². The molecule has 3 aromatic rings. The number of carbonyl (C=O) groups is 1. The number of pyridine rings is 1. The van der Waals surface area contributed by atoms with Crippen LogP contribution in [0.15, 0.2) is 41.1 Å². The topological polar surface area (TPSA) is 110 Å². The quantitative estimate of drug-likeness (QED) is 0.721. The van der Waals surface area contributed by atoms with Crippen LogP contribution in [0.3, 0.4) is 0 Å². The van der Waals surface area contributed by atoms with Crippen LogP contribution in [0.4, 0.5) is 4.39 Å². The smallest absolute Gasteiger partial charge is 0.274 e. The summed E-state index contributed by atoms with van der Waals surface area (Å²) in [5.74, 6) is -0.811. The Hall–Kier alpha value is -3.49. The van der Waals surface area contributed by atoms with Crippen LogP contribution in [0.25, 0.3) is 11.4 Å². The van der Waals surface area contributed by atoms with Crippen LogP contribution in [0.5, 0.6) is 11.5 Å². The largest absolute Gasteiger partial charge is 0.503 e. The van der Waals surface area contributed by atoms with E-state index in [1.165, 1.54) is 43.6 Å². The number of benzene rings is 1. The van der Waals surface area contributed by atoms with Crippen molar-refractivity contribution in [2.75, 3.05) is 7.11 Å². The maximum absolute atomic E-state index is 13.0. The van der Waals surface area contributed by atoms with Gasteiger partial charge in [-0.2, -0.15) is 4.98 Å². The summed E-state index contributed by atoms with van der Waals surface area (Å²) < 4.78 is 23.1. The second-order valence-corrected chi connectivity index (χ2v) is 5.37. The SMILES string of the molecule is COc1ccnc(C(=O)N[C@@H](C)c2nc(-c3ccc(F)cc3)no2)c1O. The van der Waals surface area contributed by atoms with Crippen LogP contribution >= 0.6 is 0 Å². The van der Waals surface area contributed by atoms with Gasteiger partial charge in [-0.15, -0.1) is 0 Å². The van der Waals surface area contributed by atoms with Gasteiger partial charge in [0.25, 0.3) is 5.91 Å². The molecule has 0 bridgehead atoms. The second-order valence-electron chi connectivity index (χ2n) is 5.37. The summed E-state index contributed by atoms with van der Waals surface area (Å²) in [6, 6.07) is 6.40. The summed E-state index contributed by atoms with van der Waals surface area (Å²) in [5.41, 5.74) is 0.390. The van der Waals surface area contributed by atoms with Crippen molar-refractivity contribution in [3.63, 3.8) is 0 Å². The number of nitrogens with zero attached hydrogens (tertiary/aromatic N) is 3. The number of aromatic hydroxyl groups is 1. The number of nitrogens with one attached hydrogen (secondary N) is 1. The third-order valence-corrected chi connectivity index (χ3v) is 3.58. The van der Waals surface area contributed by atoms with Gasteiger partial charge in [-0.05, 0) is 31.2 Å². The summed E-state index contributed by atoms with van der Waals surface area (Å²) >= 11 is 0. The molecule has 8 nitrogen and oxygen atoms in total. The van der Waals surface area contributed by atoms with Gasteiger partial charge in [0.2, 0.25) is 11.7 Å². The minimum atomic E-state index is -0.642. The van der Waals surface area contributed by atoms with Gasteiger partial charge in [-0.3, -0.25) is 4.79 Å². The van der Waals surface area contributed by atoms with E-state index in [0.29, 0.717) is 5.56 Å². The Kier molecular flexibility index (Phi) is 4.78. The third kappa shape index (κ3) is 3.46. The Morgan fingerprint density at radius 1 is 1.31 bits per heavy atom. The molecule has 0 unspecified atom stereocenters. The molecule has 26 heavy (non-hydrogen) atoms. The molecule has 134 valence electrons. The van der Waals surface area contributed by atoms with Crippen molar-refractivity contribution in [1.29, 1.82) is 0 Å². The molecule has 0 aliphatic carbocycles. The van der Waals surface area contributed by atoms with E-state index in [9.17, 15) is 14.3 Å². The van der Waals surface area contributed by atoms with E-state index in [-0.39, 0.29) is 34.7 Å². The minimum absolute atomic E-state index is 0.134. The summed E-state index contributed by atoms with van der Waals surface area (Å²) in [6.07, 6.45) is 1.34. The lowest BCUT2D eigenvalue weighted by Crippen LogP contribution is -2.27. The highest BCUT2D eigenvalue weighted by atomic mass is 19.1. The van der Waals surface area contributed by atoms with Gasteiger partial charge in [-0.25, -0.2) is 9.37 Å². The van der Waals surface area contributed by atoms with E-state index in [2.05, 4.69) is 20.4 Å². The molecule has 2 heterocycles. The molecule has 2 N–H and O–H groups in total. The number of rotatable bonds is 5. The number of ether oxygens (including phenoxy) is 1. The molecule has 0 aliphatic rings. The van der Waals surface area contributed by atoms with Gasteiger partial charge in [0.1, 0.15) is 11.9 Å². The maximum atomic E-state index is 13.0. The van der Waals surface area contributed by atoms with E-state index in [1.807, 2.05) is 0 Å². The van der Waals surface area contributed by atoms with Crippen LogP contribution in [0, 0.1) is 5.82 Å². The molecule has 1 aromatic carbocycles. The van der Waals surface area contributed by atoms with Crippen LogP contribution in [-0.4, -0.2) is 33.2 Å². The number of hydrogen-bond acceptors (Lipinski definition) is 7. The van der Waals surface area contributed by atoms with Crippen LogP contribution in [0.1, 0.15) is 29.3 Å². The van der Waals surface area contributed by atoms with Crippen LogP contribution < -0.4 is 10.1 Å². The Bertz CT molecular complexity index is 927. The van der Waals surface area contributed by atoms with Crippen LogP contribution in [0.2, 0.25) is 0 Å². The van der Waals surface area contributed by atoms with Crippen molar-refractivity contribution in [2.24, 2.45) is 0 Å². The van der Waals surface area contributed by atoms with E-state index < -0.39 is 11.9 Å². The molecule has 1 amide bonds.